The summed E-state index contributed by atoms with van der Waals surface area (Å²) < 4.78 is 51.5. The lowest BCUT2D eigenvalue weighted by Crippen LogP contribution is -2.26. The molecule has 2 aromatic carbocycles. The Hall–Kier alpha value is -1.79. The quantitative estimate of drug-likeness (QED) is 0.651. The Labute approximate surface area is 145 Å². The van der Waals surface area contributed by atoms with Crippen LogP contribution in [0.15, 0.2) is 36.4 Å². The molecular formula is C16H11Cl2F4NO. The van der Waals surface area contributed by atoms with Gasteiger partial charge in [-0.1, -0.05) is 29.3 Å². The fraction of sp³-hybridized carbons (Fsp3) is 0.188. The number of hydrogen-bond donors (Lipinski definition) is 0. The van der Waals surface area contributed by atoms with Crippen molar-refractivity contribution in [1.82, 2.24) is 4.90 Å². The zero-order chi connectivity index (χ0) is 18.1. The molecule has 0 N–H and O–H groups in total. The molecule has 0 spiro atoms. The molecule has 2 aromatic rings. The van der Waals surface area contributed by atoms with E-state index in [1.54, 1.807) is 0 Å². The number of amides is 1. The van der Waals surface area contributed by atoms with E-state index in [1.165, 1.54) is 36.2 Å². The molecule has 0 fully saturated rings. The van der Waals surface area contributed by atoms with Crippen molar-refractivity contribution in [2.75, 3.05) is 7.05 Å². The minimum absolute atomic E-state index is 0.123. The third-order valence-corrected chi connectivity index (χ3v) is 4.01. The van der Waals surface area contributed by atoms with Crippen LogP contribution in [0.4, 0.5) is 17.6 Å². The molecule has 0 saturated heterocycles. The van der Waals surface area contributed by atoms with Crippen molar-refractivity contribution < 1.29 is 22.4 Å². The van der Waals surface area contributed by atoms with E-state index in [4.69, 9.17) is 23.2 Å². The molecule has 2 rings (SSSR count). The highest BCUT2D eigenvalue weighted by atomic mass is 35.5. The summed E-state index contributed by atoms with van der Waals surface area (Å²) in [6.45, 7) is -0.123. The Kier molecular flexibility index (Phi) is 5.40. The summed E-state index contributed by atoms with van der Waals surface area (Å²) in [7, 11) is 1.42. The smallest absolute Gasteiger partial charge is 0.337 e. The summed E-state index contributed by atoms with van der Waals surface area (Å²) in [6.07, 6.45) is -4.80. The van der Waals surface area contributed by atoms with Crippen molar-refractivity contribution in [3.63, 3.8) is 0 Å². The molecule has 0 aliphatic carbocycles. The second-order valence-electron chi connectivity index (χ2n) is 5.10. The van der Waals surface area contributed by atoms with Crippen LogP contribution in [-0.2, 0) is 12.7 Å². The van der Waals surface area contributed by atoms with Gasteiger partial charge in [0.1, 0.15) is 5.82 Å². The third kappa shape index (κ3) is 4.19. The van der Waals surface area contributed by atoms with Crippen molar-refractivity contribution >= 4 is 29.1 Å². The first-order valence-corrected chi connectivity index (χ1v) is 7.41. The lowest BCUT2D eigenvalue weighted by molar-refractivity contribution is -0.140. The molecule has 0 radical (unpaired) electrons. The maximum atomic E-state index is 13.3. The monoisotopic (exact) mass is 379 g/mol. The van der Waals surface area contributed by atoms with Gasteiger partial charge >= 0.3 is 6.18 Å². The van der Waals surface area contributed by atoms with Gasteiger partial charge in [-0.05, 0) is 35.9 Å². The Morgan fingerprint density at radius 3 is 2.33 bits per heavy atom. The van der Waals surface area contributed by atoms with E-state index in [-0.39, 0.29) is 27.7 Å². The van der Waals surface area contributed by atoms with Crippen molar-refractivity contribution in [3.05, 3.63) is 69.0 Å². The topological polar surface area (TPSA) is 20.3 Å². The van der Waals surface area contributed by atoms with Crippen molar-refractivity contribution in [1.29, 1.82) is 0 Å². The van der Waals surface area contributed by atoms with Gasteiger partial charge in [0.15, 0.2) is 0 Å². The fourth-order valence-electron chi connectivity index (χ4n) is 2.08. The number of carbonyl (C=O) groups excluding carboxylic acids is 1. The average Bonchev–Trinajstić information content (AvgIpc) is 2.50. The molecule has 128 valence electrons. The van der Waals surface area contributed by atoms with Crippen molar-refractivity contribution in [3.8, 4) is 0 Å². The second kappa shape index (κ2) is 6.99. The predicted molar refractivity (Wildman–Crippen MR) is 83.7 cm³/mol. The first kappa shape index (κ1) is 18.5. The van der Waals surface area contributed by atoms with Crippen molar-refractivity contribution in [2.45, 2.75) is 12.7 Å². The molecule has 0 atom stereocenters. The van der Waals surface area contributed by atoms with Crippen LogP contribution in [0.5, 0.6) is 0 Å². The molecule has 2 nitrogen and oxygen atoms in total. The van der Waals surface area contributed by atoms with Crippen LogP contribution in [-0.4, -0.2) is 17.9 Å². The van der Waals surface area contributed by atoms with Gasteiger partial charge in [-0.15, -0.1) is 0 Å². The van der Waals surface area contributed by atoms with Crippen molar-refractivity contribution in [2.24, 2.45) is 0 Å². The normalized spacial score (nSPS) is 11.5. The van der Waals surface area contributed by atoms with E-state index in [0.717, 1.165) is 6.07 Å². The van der Waals surface area contributed by atoms with Gasteiger partial charge in [0, 0.05) is 19.2 Å². The third-order valence-electron chi connectivity index (χ3n) is 3.27. The standard InChI is InChI=1S/C16H11Cl2F4NO/c1-23(15(24)10-3-4-12(17)13(18)7-10)8-9-2-5-14(19)11(6-9)16(20,21)22/h2-7H,8H2,1H3. The summed E-state index contributed by atoms with van der Waals surface area (Å²) in [5, 5.41) is 0.473. The van der Waals surface area contributed by atoms with Crippen LogP contribution in [0.3, 0.4) is 0 Å². The minimum atomic E-state index is -4.80. The Balaban J connectivity index is 2.21. The van der Waals surface area contributed by atoms with Crippen LogP contribution < -0.4 is 0 Å². The van der Waals surface area contributed by atoms with Crippen LogP contribution in [0.25, 0.3) is 0 Å². The summed E-state index contributed by atoms with van der Waals surface area (Å²) in [5.41, 5.74) is -0.972. The van der Waals surface area contributed by atoms with Crippen LogP contribution in [0.2, 0.25) is 10.0 Å². The summed E-state index contributed by atoms with van der Waals surface area (Å²) >= 11 is 11.6. The van der Waals surface area contributed by atoms with E-state index in [0.29, 0.717) is 6.07 Å². The van der Waals surface area contributed by atoms with Gasteiger partial charge in [-0.3, -0.25) is 4.79 Å². The predicted octanol–water partition coefficient (Wildman–Crippen LogP) is 5.42. The van der Waals surface area contributed by atoms with Crippen LogP contribution in [0.1, 0.15) is 21.5 Å². The lowest BCUT2D eigenvalue weighted by atomic mass is 10.1. The highest BCUT2D eigenvalue weighted by Crippen LogP contribution is 2.32. The molecule has 8 heteroatoms. The summed E-state index contributed by atoms with van der Waals surface area (Å²) in [4.78, 5) is 13.5. The van der Waals surface area contributed by atoms with E-state index >= 15 is 0 Å². The van der Waals surface area contributed by atoms with Crippen LogP contribution >= 0.6 is 23.2 Å². The highest BCUT2D eigenvalue weighted by molar-refractivity contribution is 6.42. The Bertz CT molecular complexity index is 777. The molecule has 0 aliphatic heterocycles. The van der Waals surface area contributed by atoms with Gasteiger partial charge < -0.3 is 4.90 Å². The number of nitrogens with zero attached hydrogens (tertiary/aromatic N) is 1. The molecule has 24 heavy (non-hydrogen) atoms. The average molecular weight is 380 g/mol. The second-order valence-corrected chi connectivity index (χ2v) is 5.92. The Morgan fingerprint density at radius 1 is 1.08 bits per heavy atom. The molecule has 0 unspecified atom stereocenters. The molecule has 0 saturated carbocycles. The highest BCUT2D eigenvalue weighted by Gasteiger charge is 2.34. The van der Waals surface area contributed by atoms with Gasteiger partial charge in [-0.2, -0.15) is 13.2 Å². The van der Waals surface area contributed by atoms with Gasteiger partial charge in [0.25, 0.3) is 5.91 Å². The van der Waals surface area contributed by atoms with E-state index in [1.807, 2.05) is 0 Å². The Morgan fingerprint density at radius 2 is 1.75 bits per heavy atom. The molecule has 0 heterocycles. The SMILES string of the molecule is CN(Cc1ccc(F)c(C(F)(F)F)c1)C(=O)c1ccc(Cl)c(Cl)c1. The van der Waals surface area contributed by atoms with Gasteiger partial charge in [-0.25, -0.2) is 4.39 Å². The first-order valence-electron chi connectivity index (χ1n) is 6.65. The zero-order valence-corrected chi connectivity index (χ0v) is 13.8. The van der Waals surface area contributed by atoms with E-state index in [9.17, 15) is 22.4 Å². The number of halogens is 6. The first-order chi connectivity index (χ1) is 11.1. The zero-order valence-electron chi connectivity index (χ0n) is 12.3. The maximum Gasteiger partial charge on any atom is 0.419 e. The molecule has 0 aromatic heterocycles. The largest absolute Gasteiger partial charge is 0.419 e. The number of alkyl halides is 3. The number of carbonyl (C=O) groups is 1. The van der Waals surface area contributed by atoms with Crippen LogP contribution in [0, 0.1) is 5.82 Å². The molecule has 1 amide bonds. The number of rotatable bonds is 3. The minimum Gasteiger partial charge on any atom is -0.337 e. The van der Waals surface area contributed by atoms with Gasteiger partial charge in [0.05, 0.1) is 15.6 Å². The number of benzene rings is 2. The summed E-state index contributed by atoms with van der Waals surface area (Å²) in [6, 6.07) is 6.89. The maximum absolute atomic E-state index is 13.3. The molecular weight excluding hydrogens is 369 g/mol. The molecule has 0 bridgehead atoms. The van der Waals surface area contributed by atoms with Gasteiger partial charge in [0.2, 0.25) is 0 Å². The summed E-state index contributed by atoms with van der Waals surface area (Å²) in [5.74, 6) is -1.81. The fourth-order valence-corrected chi connectivity index (χ4v) is 2.38. The number of hydrogen-bond acceptors (Lipinski definition) is 1. The lowest BCUT2D eigenvalue weighted by Gasteiger charge is -2.18. The van der Waals surface area contributed by atoms with E-state index in [2.05, 4.69) is 0 Å². The van der Waals surface area contributed by atoms with E-state index < -0.39 is 23.5 Å². The molecule has 0 aliphatic rings.